The summed E-state index contributed by atoms with van der Waals surface area (Å²) in [5.41, 5.74) is 0. The van der Waals surface area contributed by atoms with Gasteiger partial charge in [-0.05, 0) is 24.3 Å². The van der Waals surface area contributed by atoms with Crippen molar-refractivity contribution in [1.29, 1.82) is 0 Å². The number of carbonyl (C=O) groups is 2. The van der Waals surface area contributed by atoms with Crippen LogP contribution in [0.15, 0.2) is 29.2 Å². The third kappa shape index (κ3) is 4.66. The molecule has 9 heteroatoms. The molecule has 23 heavy (non-hydrogen) atoms. The average molecular weight is 362 g/mol. The van der Waals surface area contributed by atoms with Crippen molar-refractivity contribution in [2.75, 3.05) is 25.5 Å². The summed E-state index contributed by atoms with van der Waals surface area (Å²) in [6.45, 7) is 0.509. The number of ether oxygens (including phenoxy) is 1. The predicted molar refractivity (Wildman–Crippen MR) is 82.1 cm³/mol. The Balaban J connectivity index is 2.12. The Morgan fingerprint density at radius 1 is 1.30 bits per heavy atom. The summed E-state index contributed by atoms with van der Waals surface area (Å²) in [5.74, 6) is -2.42. The molecule has 1 saturated heterocycles. The highest BCUT2D eigenvalue weighted by Crippen LogP contribution is 2.17. The van der Waals surface area contributed by atoms with Crippen molar-refractivity contribution in [3.8, 4) is 0 Å². The number of rotatable bonds is 5. The van der Waals surface area contributed by atoms with Gasteiger partial charge in [-0.25, -0.2) is 8.42 Å². The summed E-state index contributed by atoms with van der Waals surface area (Å²) in [6, 6.07) is 4.87. The van der Waals surface area contributed by atoms with E-state index in [1.807, 2.05) is 0 Å². The number of nitrogens with zero attached hydrogens (tertiary/aromatic N) is 1. The first kappa shape index (κ1) is 17.7. The number of sulfone groups is 1. The Morgan fingerprint density at radius 2 is 1.96 bits per heavy atom. The van der Waals surface area contributed by atoms with E-state index in [4.69, 9.17) is 21.4 Å². The zero-order valence-electron chi connectivity index (χ0n) is 12.1. The number of amides is 1. The zero-order valence-corrected chi connectivity index (χ0v) is 13.7. The Labute approximate surface area is 138 Å². The molecule has 1 heterocycles. The second-order valence-electron chi connectivity index (χ2n) is 5.13. The van der Waals surface area contributed by atoms with Crippen LogP contribution in [0.3, 0.4) is 0 Å². The number of carbonyl (C=O) groups excluding carboxylic acids is 1. The molecule has 1 aromatic carbocycles. The number of carboxylic acid groups (broad SMARTS) is 1. The highest BCUT2D eigenvalue weighted by atomic mass is 35.5. The van der Waals surface area contributed by atoms with Crippen LogP contribution in [0.25, 0.3) is 0 Å². The lowest BCUT2D eigenvalue weighted by molar-refractivity contribution is -0.144. The van der Waals surface area contributed by atoms with Gasteiger partial charge in [0.2, 0.25) is 5.91 Å². The van der Waals surface area contributed by atoms with E-state index in [0.717, 1.165) is 0 Å². The van der Waals surface area contributed by atoms with Gasteiger partial charge in [-0.1, -0.05) is 11.6 Å². The van der Waals surface area contributed by atoms with Crippen molar-refractivity contribution in [1.82, 2.24) is 4.90 Å². The molecule has 1 atom stereocenters. The summed E-state index contributed by atoms with van der Waals surface area (Å²) in [4.78, 5) is 24.4. The maximum atomic E-state index is 12.3. The predicted octanol–water partition coefficient (Wildman–Crippen LogP) is 0.816. The molecule has 0 saturated carbocycles. The molecule has 1 N–H and O–H groups in total. The number of hydrogen-bond donors (Lipinski definition) is 1. The summed E-state index contributed by atoms with van der Waals surface area (Å²) in [7, 11) is -3.82. The van der Waals surface area contributed by atoms with Crippen LogP contribution in [0.4, 0.5) is 0 Å². The van der Waals surface area contributed by atoms with Crippen molar-refractivity contribution < 1.29 is 27.9 Å². The number of halogens is 1. The SMILES string of the molecule is O=C(O)CC1COCCN1C(=O)CS(=O)(=O)c1ccc(Cl)cc1. The van der Waals surface area contributed by atoms with E-state index in [9.17, 15) is 18.0 Å². The first-order valence-electron chi connectivity index (χ1n) is 6.87. The fourth-order valence-electron chi connectivity index (χ4n) is 2.32. The van der Waals surface area contributed by atoms with Gasteiger partial charge in [0, 0.05) is 11.6 Å². The average Bonchev–Trinajstić information content (AvgIpc) is 2.47. The lowest BCUT2D eigenvalue weighted by Crippen LogP contribution is -2.51. The van der Waals surface area contributed by atoms with E-state index in [0.29, 0.717) is 5.02 Å². The summed E-state index contributed by atoms with van der Waals surface area (Å²) < 4.78 is 29.7. The largest absolute Gasteiger partial charge is 0.481 e. The molecule has 1 aromatic rings. The van der Waals surface area contributed by atoms with Crippen molar-refractivity contribution in [2.45, 2.75) is 17.4 Å². The monoisotopic (exact) mass is 361 g/mol. The van der Waals surface area contributed by atoms with Crippen LogP contribution in [-0.2, 0) is 24.2 Å². The van der Waals surface area contributed by atoms with Gasteiger partial charge in [0.15, 0.2) is 9.84 Å². The Kier molecular flexibility index (Phi) is 5.61. The maximum Gasteiger partial charge on any atom is 0.305 e. The first-order chi connectivity index (χ1) is 10.8. The van der Waals surface area contributed by atoms with Gasteiger partial charge >= 0.3 is 5.97 Å². The Bertz CT molecular complexity index is 688. The topological polar surface area (TPSA) is 101 Å². The van der Waals surface area contributed by atoms with E-state index in [-0.39, 0.29) is 31.1 Å². The first-order valence-corrected chi connectivity index (χ1v) is 8.90. The fraction of sp³-hybridized carbons (Fsp3) is 0.429. The third-order valence-electron chi connectivity index (χ3n) is 3.44. The molecule has 0 radical (unpaired) electrons. The lowest BCUT2D eigenvalue weighted by atomic mass is 10.1. The van der Waals surface area contributed by atoms with Gasteiger partial charge in [-0.3, -0.25) is 9.59 Å². The second kappa shape index (κ2) is 7.29. The highest BCUT2D eigenvalue weighted by Gasteiger charge is 2.32. The number of benzene rings is 1. The summed E-state index contributed by atoms with van der Waals surface area (Å²) >= 11 is 5.72. The normalized spacial score (nSPS) is 18.7. The Hall–Kier alpha value is -1.64. The molecule has 0 spiro atoms. The van der Waals surface area contributed by atoms with Crippen molar-refractivity contribution in [3.05, 3.63) is 29.3 Å². The van der Waals surface area contributed by atoms with Gasteiger partial charge in [-0.15, -0.1) is 0 Å². The van der Waals surface area contributed by atoms with Crippen LogP contribution in [0.2, 0.25) is 5.02 Å². The van der Waals surface area contributed by atoms with E-state index in [2.05, 4.69) is 0 Å². The molecule has 7 nitrogen and oxygen atoms in total. The van der Waals surface area contributed by atoms with E-state index < -0.39 is 33.5 Å². The van der Waals surface area contributed by atoms with Crippen LogP contribution < -0.4 is 0 Å². The second-order valence-corrected chi connectivity index (χ2v) is 7.55. The van der Waals surface area contributed by atoms with E-state index in [1.54, 1.807) is 0 Å². The van der Waals surface area contributed by atoms with Crippen LogP contribution in [0.5, 0.6) is 0 Å². The van der Waals surface area contributed by atoms with Crippen LogP contribution in [-0.4, -0.2) is 61.9 Å². The molecule has 1 unspecified atom stereocenters. The number of morpholine rings is 1. The standard InChI is InChI=1S/C14H16ClNO6S/c15-10-1-3-12(4-2-10)23(20,21)9-13(17)16-5-6-22-8-11(16)7-14(18)19/h1-4,11H,5-9H2,(H,18,19). The minimum atomic E-state index is -3.82. The molecule has 1 fully saturated rings. The fourth-order valence-corrected chi connectivity index (χ4v) is 3.66. The van der Waals surface area contributed by atoms with Gasteiger partial charge in [-0.2, -0.15) is 0 Å². The number of aliphatic carboxylic acids is 1. The molecule has 2 rings (SSSR count). The van der Waals surface area contributed by atoms with Crippen molar-refractivity contribution in [2.24, 2.45) is 0 Å². The summed E-state index contributed by atoms with van der Waals surface area (Å²) in [5, 5.41) is 9.27. The highest BCUT2D eigenvalue weighted by molar-refractivity contribution is 7.92. The van der Waals surface area contributed by atoms with Gasteiger partial charge in [0.05, 0.1) is 30.6 Å². The third-order valence-corrected chi connectivity index (χ3v) is 5.31. The molecule has 0 bridgehead atoms. The molecule has 1 aliphatic heterocycles. The molecular formula is C14H16ClNO6S. The van der Waals surface area contributed by atoms with Gasteiger partial charge in [0.1, 0.15) is 5.75 Å². The van der Waals surface area contributed by atoms with Crippen molar-refractivity contribution >= 4 is 33.3 Å². The minimum Gasteiger partial charge on any atom is -0.481 e. The van der Waals surface area contributed by atoms with Crippen molar-refractivity contribution in [3.63, 3.8) is 0 Å². The van der Waals surface area contributed by atoms with Crippen LogP contribution in [0, 0.1) is 0 Å². The molecular weight excluding hydrogens is 346 g/mol. The van der Waals surface area contributed by atoms with E-state index >= 15 is 0 Å². The molecule has 0 aliphatic carbocycles. The lowest BCUT2D eigenvalue weighted by Gasteiger charge is -2.34. The maximum absolute atomic E-state index is 12.3. The van der Waals surface area contributed by atoms with Gasteiger partial charge in [0.25, 0.3) is 0 Å². The van der Waals surface area contributed by atoms with Crippen LogP contribution in [0.1, 0.15) is 6.42 Å². The number of carboxylic acids is 1. The minimum absolute atomic E-state index is 0.00158. The van der Waals surface area contributed by atoms with Crippen LogP contribution >= 0.6 is 11.6 Å². The molecule has 1 aliphatic rings. The zero-order chi connectivity index (χ0) is 17.0. The molecule has 0 aromatic heterocycles. The summed E-state index contributed by atoms with van der Waals surface area (Å²) in [6.07, 6.45) is -0.285. The molecule has 1 amide bonds. The quantitative estimate of drug-likeness (QED) is 0.833. The van der Waals surface area contributed by atoms with Gasteiger partial charge < -0.3 is 14.7 Å². The smallest absolute Gasteiger partial charge is 0.305 e. The van der Waals surface area contributed by atoms with E-state index in [1.165, 1.54) is 29.2 Å². The molecule has 126 valence electrons. The Morgan fingerprint density at radius 3 is 2.57 bits per heavy atom. The number of hydrogen-bond acceptors (Lipinski definition) is 5.